The van der Waals surface area contributed by atoms with Crippen LogP contribution in [0.2, 0.25) is 0 Å². The molecule has 3 atom stereocenters. The van der Waals surface area contributed by atoms with Crippen LogP contribution in [0.4, 0.5) is 0 Å². The fraction of sp³-hybridized carbons (Fsp3) is 0.650. The van der Waals surface area contributed by atoms with Gasteiger partial charge in [0.1, 0.15) is 0 Å². The lowest BCUT2D eigenvalue weighted by molar-refractivity contribution is 0.0484. The van der Waals surface area contributed by atoms with Gasteiger partial charge in [0, 0.05) is 31.2 Å². The van der Waals surface area contributed by atoms with Crippen LogP contribution in [-0.4, -0.2) is 61.1 Å². The summed E-state index contributed by atoms with van der Waals surface area (Å²) in [5, 5.41) is 0. The molecule has 0 saturated carbocycles. The number of nitrogens with zero attached hydrogens (tertiary/aromatic N) is 2. The van der Waals surface area contributed by atoms with Crippen LogP contribution in [0.25, 0.3) is 0 Å². The molecule has 0 bridgehead atoms. The van der Waals surface area contributed by atoms with Crippen molar-refractivity contribution in [1.29, 1.82) is 0 Å². The van der Waals surface area contributed by atoms with Crippen molar-refractivity contribution < 1.29 is 14.3 Å². The maximum absolute atomic E-state index is 13.1. The largest absolute Gasteiger partial charge is 0.493 e. The highest BCUT2D eigenvalue weighted by molar-refractivity contribution is 5.98. The number of para-hydroxylation sites is 1. The van der Waals surface area contributed by atoms with E-state index in [2.05, 4.69) is 18.7 Å². The first kappa shape index (κ1) is 18.1. The highest BCUT2D eigenvalue weighted by Crippen LogP contribution is 2.33. The van der Waals surface area contributed by atoms with Crippen molar-refractivity contribution in [2.75, 3.05) is 27.3 Å². The normalized spacial score (nSPS) is 27.4. The van der Waals surface area contributed by atoms with Crippen LogP contribution in [0, 0.1) is 0 Å². The SMILES string of the molecule is COc1cccc(C(=O)N2CCCC(N3C(C)CCC3C)C2)c1OC. The van der Waals surface area contributed by atoms with Crippen LogP contribution in [0.1, 0.15) is 49.9 Å². The van der Waals surface area contributed by atoms with Crippen LogP contribution in [0.3, 0.4) is 0 Å². The number of carbonyl (C=O) groups is 1. The van der Waals surface area contributed by atoms with Crippen molar-refractivity contribution in [2.45, 2.75) is 57.7 Å². The molecule has 0 spiro atoms. The van der Waals surface area contributed by atoms with E-state index in [0.29, 0.717) is 35.2 Å². The van der Waals surface area contributed by atoms with Gasteiger partial charge < -0.3 is 14.4 Å². The molecule has 0 aromatic heterocycles. The lowest BCUT2D eigenvalue weighted by Crippen LogP contribution is -2.52. The molecule has 1 amide bonds. The third-order valence-corrected chi connectivity index (χ3v) is 5.76. The van der Waals surface area contributed by atoms with E-state index in [-0.39, 0.29) is 5.91 Å². The van der Waals surface area contributed by atoms with E-state index >= 15 is 0 Å². The van der Waals surface area contributed by atoms with Gasteiger partial charge in [0.25, 0.3) is 5.91 Å². The number of benzene rings is 1. The Morgan fingerprint density at radius 1 is 1.08 bits per heavy atom. The van der Waals surface area contributed by atoms with Gasteiger partial charge in [-0.05, 0) is 51.7 Å². The second kappa shape index (κ2) is 7.65. The summed E-state index contributed by atoms with van der Waals surface area (Å²) >= 11 is 0. The fourth-order valence-corrected chi connectivity index (χ4v) is 4.54. The molecule has 5 nitrogen and oxygen atoms in total. The van der Waals surface area contributed by atoms with Gasteiger partial charge in [-0.15, -0.1) is 0 Å². The predicted molar refractivity (Wildman–Crippen MR) is 98.5 cm³/mol. The van der Waals surface area contributed by atoms with E-state index in [1.807, 2.05) is 23.1 Å². The molecule has 0 radical (unpaired) electrons. The van der Waals surface area contributed by atoms with Crippen LogP contribution < -0.4 is 9.47 Å². The Morgan fingerprint density at radius 2 is 1.80 bits per heavy atom. The van der Waals surface area contributed by atoms with Crippen LogP contribution in [0.5, 0.6) is 11.5 Å². The van der Waals surface area contributed by atoms with E-state index in [1.54, 1.807) is 14.2 Å². The summed E-state index contributed by atoms with van der Waals surface area (Å²) in [6.07, 6.45) is 4.75. The van der Waals surface area contributed by atoms with Crippen LogP contribution in [-0.2, 0) is 0 Å². The number of ether oxygens (including phenoxy) is 2. The number of likely N-dealkylation sites (tertiary alicyclic amines) is 2. The van der Waals surface area contributed by atoms with Crippen LogP contribution in [0.15, 0.2) is 18.2 Å². The highest BCUT2D eigenvalue weighted by Gasteiger charge is 2.37. The summed E-state index contributed by atoms with van der Waals surface area (Å²) in [5.41, 5.74) is 0.588. The fourth-order valence-electron chi connectivity index (χ4n) is 4.54. The second-order valence-corrected chi connectivity index (χ2v) is 7.31. The maximum Gasteiger partial charge on any atom is 0.257 e. The molecule has 1 aromatic carbocycles. The van der Waals surface area contributed by atoms with Crippen molar-refractivity contribution in [1.82, 2.24) is 9.80 Å². The van der Waals surface area contributed by atoms with Gasteiger partial charge in [-0.1, -0.05) is 6.07 Å². The molecule has 5 heteroatoms. The Labute approximate surface area is 150 Å². The minimum atomic E-state index is 0.0416. The molecule has 2 heterocycles. The number of methoxy groups -OCH3 is 2. The maximum atomic E-state index is 13.1. The average Bonchev–Trinajstić information content (AvgIpc) is 2.98. The van der Waals surface area contributed by atoms with Gasteiger partial charge in [0.15, 0.2) is 11.5 Å². The van der Waals surface area contributed by atoms with Crippen LogP contribution >= 0.6 is 0 Å². The number of carbonyl (C=O) groups excluding carboxylic acids is 1. The Morgan fingerprint density at radius 3 is 2.44 bits per heavy atom. The molecule has 138 valence electrons. The summed E-state index contributed by atoms with van der Waals surface area (Å²) in [6, 6.07) is 7.18. The molecular formula is C20H30N2O3. The molecule has 25 heavy (non-hydrogen) atoms. The zero-order chi connectivity index (χ0) is 18.0. The quantitative estimate of drug-likeness (QED) is 0.840. The van der Waals surface area contributed by atoms with Gasteiger partial charge in [0.2, 0.25) is 0 Å². The summed E-state index contributed by atoms with van der Waals surface area (Å²) in [7, 11) is 3.18. The lowest BCUT2D eigenvalue weighted by Gasteiger charge is -2.41. The smallest absolute Gasteiger partial charge is 0.257 e. The Kier molecular flexibility index (Phi) is 5.52. The Hall–Kier alpha value is -1.75. The number of amides is 1. The summed E-state index contributed by atoms with van der Waals surface area (Å²) in [5.74, 6) is 1.17. The topological polar surface area (TPSA) is 42.0 Å². The minimum Gasteiger partial charge on any atom is -0.493 e. The van der Waals surface area contributed by atoms with E-state index in [4.69, 9.17) is 9.47 Å². The zero-order valence-electron chi connectivity index (χ0n) is 15.8. The van der Waals surface area contributed by atoms with E-state index < -0.39 is 0 Å². The molecule has 2 aliphatic rings. The van der Waals surface area contributed by atoms with Crippen molar-refractivity contribution >= 4 is 5.91 Å². The van der Waals surface area contributed by atoms with E-state index in [0.717, 1.165) is 19.5 Å². The number of hydrogen-bond donors (Lipinski definition) is 0. The van der Waals surface area contributed by atoms with Crippen molar-refractivity contribution in [3.8, 4) is 11.5 Å². The second-order valence-electron chi connectivity index (χ2n) is 7.31. The molecular weight excluding hydrogens is 316 g/mol. The van der Waals surface area contributed by atoms with Gasteiger partial charge in [-0.3, -0.25) is 9.69 Å². The van der Waals surface area contributed by atoms with Crippen molar-refractivity contribution in [2.24, 2.45) is 0 Å². The highest BCUT2D eigenvalue weighted by atomic mass is 16.5. The molecule has 1 aromatic rings. The zero-order valence-corrected chi connectivity index (χ0v) is 15.8. The van der Waals surface area contributed by atoms with E-state index in [9.17, 15) is 4.79 Å². The van der Waals surface area contributed by atoms with Gasteiger partial charge in [-0.25, -0.2) is 0 Å². The molecule has 2 aliphatic heterocycles. The van der Waals surface area contributed by atoms with Gasteiger partial charge >= 0.3 is 0 Å². The minimum absolute atomic E-state index is 0.0416. The molecule has 0 N–H and O–H groups in total. The van der Waals surface area contributed by atoms with Crippen molar-refractivity contribution in [3.05, 3.63) is 23.8 Å². The first-order chi connectivity index (χ1) is 12.1. The standard InChI is InChI=1S/C20H30N2O3/c1-14-10-11-15(2)22(14)16-7-6-12-21(13-16)20(23)17-8-5-9-18(24-3)19(17)25-4/h5,8-9,14-16H,6-7,10-13H2,1-4H3. The molecule has 2 saturated heterocycles. The van der Waals surface area contributed by atoms with Crippen molar-refractivity contribution in [3.63, 3.8) is 0 Å². The molecule has 3 unspecified atom stereocenters. The first-order valence-corrected chi connectivity index (χ1v) is 9.34. The lowest BCUT2D eigenvalue weighted by atomic mass is 10.0. The molecule has 2 fully saturated rings. The predicted octanol–water partition coefficient (Wildman–Crippen LogP) is 3.18. The van der Waals surface area contributed by atoms with E-state index in [1.165, 1.54) is 19.3 Å². The van der Waals surface area contributed by atoms with Gasteiger partial charge in [0.05, 0.1) is 19.8 Å². The third-order valence-electron chi connectivity index (χ3n) is 5.76. The Balaban J connectivity index is 1.79. The molecule has 3 rings (SSSR count). The summed E-state index contributed by atoms with van der Waals surface area (Å²) in [4.78, 5) is 17.8. The monoisotopic (exact) mass is 346 g/mol. The average molecular weight is 346 g/mol. The number of piperidine rings is 1. The number of hydrogen-bond acceptors (Lipinski definition) is 4. The third kappa shape index (κ3) is 3.47. The first-order valence-electron chi connectivity index (χ1n) is 9.34. The van der Waals surface area contributed by atoms with Gasteiger partial charge in [-0.2, -0.15) is 0 Å². The molecule has 0 aliphatic carbocycles. The summed E-state index contributed by atoms with van der Waals surface area (Å²) in [6.45, 7) is 6.24. The number of rotatable bonds is 4. The summed E-state index contributed by atoms with van der Waals surface area (Å²) < 4.78 is 10.8. The Bertz CT molecular complexity index is 609.